The van der Waals surface area contributed by atoms with E-state index in [1.54, 1.807) is 23.9 Å². The molecule has 0 aromatic carbocycles. The summed E-state index contributed by atoms with van der Waals surface area (Å²) in [6.45, 7) is 3.28. The van der Waals surface area contributed by atoms with Gasteiger partial charge in [0.15, 0.2) is 0 Å². The zero-order chi connectivity index (χ0) is 16.5. The largest absolute Gasteiger partial charge is 0.350 e. The Balaban J connectivity index is 1.53. The van der Waals surface area contributed by atoms with E-state index in [0.717, 1.165) is 46.7 Å². The molecule has 4 heterocycles. The van der Waals surface area contributed by atoms with Crippen molar-refractivity contribution in [2.24, 2.45) is 0 Å². The number of aryl methyl sites for hydroxylation is 1. The van der Waals surface area contributed by atoms with Crippen LogP contribution in [0.2, 0.25) is 0 Å². The molecule has 1 aliphatic heterocycles. The minimum Gasteiger partial charge on any atom is -0.350 e. The van der Waals surface area contributed by atoms with Crippen LogP contribution < -0.4 is 10.2 Å². The molecule has 0 bridgehead atoms. The fraction of sp³-hybridized carbons (Fsp3) is 0.375. The third kappa shape index (κ3) is 2.62. The monoisotopic (exact) mass is 342 g/mol. The molecule has 1 amide bonds. The second-order valence-corrected chi connectivity index (χ2v) is 6.82. The second-order valence-electron chi connectivity index (χ2n) is 5.93. The molecule has 0 unspecified atom stereocenters. The first-order chi connectivity index (χ1) is 11.7. The number of fused-ring (bicyclic) bond motifs is 1. The number of aromatic nitrogens is 4. The summed E-state index contributed by atoms with van der Waals surface area (Å²) in [5.74, 6) is 0.897. The Hall–Kier alpha value is -2.48. The Morgan fingerprint density at radius 3 is 3.25 bits per heavy atom. The number of aromatic amines is 1. The highest BCUT2D eigenvalue weighted by molar-refractivity contribution is 7.16. The van der Waals surface area contributed by atoms with Crippen molar-refractivity contribution in [3.05, 3.63) is 35.2 Å². The van der Waals surface area contributed by atoms with Gasteiger partial charge in [-0.25, -0.2) is 9.97 Å². The van der Waals surface area contributed by atoms with E-state index in [2.05, 4.69) is 30.4 Å². The molecule has 1 aliphatic rings. The Morgan fingerprint density at radius 1 is 1.50 bits per heavy atom. The van der Waals surface area contributed by atoms with Crippen LogP contribution in [0, 0.1) is 6.92 Å². The van der Waals surface area contributed by atoms with Crippen molar-refractivity contribution in [2.45, 2.75) is 32.4 Å². The number of carbonyl (C=O) groups is 1. The van der Waals surface area contributed by atoms with Gasteiger partial charge in [-0.2, -0.15) is 5.10 Å². The zero-order valence-corrected chi connectivity index (χ0v) is 14.1. The number of hydrogen-bond donors (Lipinski definition) is 2. The first-order valence-corrected chi connectivity index (χ1v) is 8.83. The Morgan fingerprint density at radius 2 is 2.42 bits per heavy atom. The van der Waals surface area contributed by atoms with Crippen LogP contribution in [0.5, 0.6) is 0 Å². The van der Waals surface area contributed by atoms with E-state index in [1.807, 2.05) is 18.4 Å². The Bertz CT molecular complexity index is 872. The molecule has 8 heteroatoms. The molecule has 1 fully saturated rings. The van der Waals surface area contributed by atoms with Crippen LogP contribution in [0.15, 0.2) is 24.0 Å². The van der Waals surface area contributed by atoms with Crippen molar-refractivity contribution >= 4 is 33.3 Å². The number of amides is 1. The minimum atomic E-state index is -0.185. The van der Waals surface area contributed by atoms with Crippen molar-refractivity contribution in [3.63, 3.8) is 0 Å². The molecule has 0 saturated carbocycles. The van der Waals surface area contributed by atoms with Gasteiger partial charge in [-0.15, -0.1) is 11.3 Å². The molecule has 1 saturated heterocycles. The van der Waals surface area contributed by atoms with Crippen LogP contribution in [-0.4, -0.2) is 38.7 Å². The number of H-pyrrole nitrogens is 1. The third-order valence-electron chi connectivity index (χ3n) is 4.46. The summed E-state index contributed by atoms with van der Waals surface area (Å²) in [4.78, 5) is 24.5. The van der Waals surface area contributed by atoms with Crippen LogP contribution in [0.3, 0.4) is 0 Å². The van der Waals surface area contributed by atoms with Crippen LogP contribution >= 0.6 is 11.3 Å². The van der Waals surface area contributed by atoms with E-state index in [9.17, 15) is 4.79 Å². The molecule has 124 valence electrons. The highest BCUT2D eigenvalue weighted by Gasteiger charge is 2.32. The van der Waals surface area contributed by atoms with Crippen LogP contribution in [0.25, 0.3) is 10.2 Å². The molecule has 1 atom stereocenters. The standard InChI is InChI=1S/C16H18N6OS/c1-10-11(8-20-21-10)7-17-15(23)13-3-2-5-22(13)14-12-4-6-24-16(12)19-9-18-14/h4,6,8-9,13H,2-3,5,7H2,1H3,(H,17,23)(H,20,21)/t13-/m0/s1. The van der Waals surface area contributed by atoms with Gasteiger partial charge < -0.3 is 10.2 Å². The fourth-order valence-corrected chi connectivity index (χ4v) is 3.88. The summed E-state index contributed by atoms with van der Waals surface area (Å²) < 4.78 is 0. The highest BCUT2D eigenvalue weighted by atomic mass is 32.1. The normalized spacial score (nSPS) is 17.5. The minimum absolute atomic E-state index is 0.0371. The smallest absolute Gasteiger partial charge is 0.243 e. The highest BCUT2D eigenvalue weighted by Crippen LogP contribution is 2.31. The van der Waals surface area contributed by atoms with E-state index in [0.29, 0.717) is 6.54 Å². The molecule has 0 spiro atoms. The van der Waals surface area contributed by atoms with Gasteiger partial charge in [-0.05, 0) is 31.2 Å². The van der Waals surface area contributed by atoms with Crippen molar-refractivity contribution in [2.75, 3.05) is 11.4 Å². The molecular formula is C16H18N6OS. The Kier molecular flexibility index (Phi) is 3.89. The van der Waals surface area contributed by atoms with Gasteiger partial charge in [0.25, 0.3) is 0 Å². The summed E-state index contributed by atoms with van der Waals surface area (Å²) in [5, 5.41) is 12.9. The van der Waals surface area contributed by atoms with E-state index < -0.39 is 0 Å². The molecule has 3 aromatic rings. The van der Waals surface area contributed by atoms with Crippen molar-refractivity contribution in [3.8, 4) is 0 Å². The lowest BCUT2D eigenvalue weighted by atomic mass is 10.2. The molecule has 24 heavy (non-hydrogen) atoms. The molecule has 2 N–H and O–H groups in total. The van der Waals surface area contributed by atoms with Gasteiger partial charge >= 0.3 is 0 Å². The molecule has 7 nitrogen and oxygen atoms in total. The predicted molar refractivity (Wildman–Crippen MR) is 93.0 cm³/mol. The number of rotatable bonds is 4. The number of thiophene rings is 1. The molecule has 0 aliphatic carbocycles. The van der Waals surface area contributed by atoms with Gasteiger partial charge in [0.2, 0.25) is 5.91 Å². The lowest BCUT2D eigenvalue weighted by Crippen LogP contribution is -2.43. The van der Waals surface area contributed by atoms with Crippen LogP contribution in [0.4, 0.5) is 5.82 Å². The summed E-state index contributed by atoms with van der Waals surface area (Å²) >= 11 is 1.59. The lowest BCUT2D eigenvalue weighted by molar-refractivity contribution is -0.122. The molecular weight excluding hydrogens is 324 g/mol. The average Bonchev–Trinajstić information content (AvgIpc) is 3.32. The fourth-order valence-electron chi connectivity index (χ4n) is 3.15. The van der Waals surface area contributed by atoms with E-state index in [1.165, 1.54) is 0 Å². The lowest BCUT2D eigenvalue weighted by Gasteiger charge is -2.25. The topological polar surface area (TPSA) is 86.8 Å². The van der Waals surface area contributed by atoms with E-state index in [-0.39, 0.29) is 11.9 Å². The molecule has 0 radical (unpaired) electrons. The average molecular weight is 342 g/mol. The summed E-state index contributed by atoms with van der Waals surface area (Å²) in [5.41, 5.74) is 1.99. The van der Waals surface area contributed by atoms with Crippen molar-refractivity contribution < 1.29 is 4.79 Å². The Labute approximate surface area is 143 Å². The van der Waals surface area contributed by atoms with Gasteiger partial charge in [0.1, 0.15) is 23.0 Å². The third-order valence-corrected chi connectivity index (χ3v) is 5.28. The zero-order valence-electron chi connectivity index (χ0n) is 13.3. The maximum absolute atomic E-state index is 12.7. The maximum Gasteiger partial charge on any atom is 0.243 e. The van der Waals surface area contributed by atoms with Gasteiger partial charge in [0, 0.05) is 24.3 Å². The SMILES string of the molecule is Cc1[nH]ncc1CNC(=O)[C@@H]1CCCN1c1ncnc2sccc12. The first-order valence-electron chi connectivity index (χ1n) is 7.95. The molecule has 3 aromatic heterocycles. The first kappa shape index (κ1) is 15.1. The predicted octanol–water partition coefficient (Wildman–Crippen LogP) is 2.01. The number of anilines is 1. The summed E-state index contributed by atoms with van der Waals surface area (Å²) in [7, 11) is 0. The molecule has 4 rings (SSSR count). The number of nitrogens with one attached hydrogen (secondary N) is 2. The number of carbonyl (C=O) groups excluding carboxylic acids is 1. The number of hydrogen-bond acceptors (Lipinski definition) is 6. The summed E-state index contributed by atoms with van der Waals surface area (Å²) in [6, 6.07) is 1.84. The van der Waals surface area contributed by atoms with Gasteiger partial charge in [0.05, 0.1) is 11.6 Å². The quantitative estimate of drug-likeness (QED) is 0.757. The maximum atomic E-state index is 12.7. The van der Waals surface area contributed by atoms with Crippen molar-refractivity contribution in [1.29, 1.82) is 0 Å². The second kappa shape index (κ2) is 6.20. The summed E-state index contributed by atoms with van der Waals surface area (Å²) in [6.07, 6.45) is 5.15. The van der Waals surface area contributed by atoms with Crippen molar-refractivity contribution in [1.82, 2.24) is 25.5 Å². The van der Waals surface area contributed by atoms with E-state index >= 15 is 0 Å². The van der Waals surface area contributed by atoms with Crippen LogP contribution in [0.1, 0.15) is 24.1 Å². The van der Waals surface area contributed by atoms with Gasteiger partial charge in [-0.3, -0.25) is 9.89 Å². The van der Waals surface area contributed by atoms with Gasteiger partial charge in [-0.1, -0.05) is 0 Å². The van der Waals surface area contributed by atoms with Crippen LogP contribution in [-0.2, 0) is 11.3 Å². The van der Waals surface area contributed by atoms with E-state index in [4.69, 9.17) is 0 Å². The number of nitrogens with zero attached hydrogens (tertiary/aromatic N) is 4.